The van der Waals surface area contributed by atoms with Crippen molar-refractivity contribution in [1.29, 1.82) is 0 Å². The minimum Gasteiger partial charge on any atom is -0.497 e. The Kier molecular flexibility index (Phi) is 8.41. The highest BCUT2D eigenvalue weighted by Gasteiger charge is 2.22. The van der Waals surface area contributed by atoms with Gasteiger partial charge < -0.3 is 20.3 Å². The van der Waals surface area contributed by atoms with E-state index in [2.05, 4.69) is 10.6 Å². The second kappa shape index (κ2) is 11.0. The predicted octanol–water partition coefficient (Wildman–Crippen LogP) is 3.06. The van der Waals surface area contributed by atoms with Gasteiger partial charge in [-0.15, -0.1) is 0 Å². The maximum atomic E-state index is 12.9. The van der Waals surface area contributed by atoms with Crippen LogP contribution in [0.1, 0.15) is 37.4 Å². The molecular weight excluding hydrogens is 382 g/mol. The zero-order chi connectivity index (χ0) is 22.1. The Hall–Kier alpha value is -3.35. The fraction of sp³-hybridized carbons (Fsp3) is 0.348. The number of amides is 3. The van der Waals surface area contributed by atoms with Crippen LogP contribution in [-0.2, 0) is 14.4 Å². The number of rotatable bonds is 9. The maximum absolute atomic E-state index is 12.9. The first-order valence-electron chi connectivity index (χ1n) is 9.87. The van der Waals surface area contributed by atoms with E-state index >= 15 is 0 Å². The van der Waals surface area contributed by atoms with E-state index < -0.39 is 6.04 Å². The first kappa shape index (κ1) is 22.9. The number of anilines is 1. The Morgan fingerprint density at radius 3 is 2.40 bits per heavy atom. The summed E-state index contributed by atoms with van der Waals surface area (Å²) >= 11 is 0. The molecule has 0 spiro atoms. The highest BCUT2D eigenvalue weighted by atomic mass is 16.5. The molecular formula is C23H29N3O4. The molecule has 160 valence electrons. The Bertz CT molecular complexity index is 880. The Balaban J connectivity index is 2.04. The van der Waals surface area contributed by atoms with Gasteiger partial charge in [-0.1, -0.05) is 35.9 Å². The zero-order valence-electron chi connectivity index (χ0n) is 17.9. The lowest BCUT2D eigenvalue weighted by atomic mass is 10.0. The summed E-state index contributed by atoms with van der Waals surface area (Å²) in [5.41, 5.74) is 2.54. The van der Waals surface area contributed by atoms with E-state index in [-0.39, 0.29) is 30.7 Å². The molecule has 0 radical (unpaired) electrons. The Labute approximate surface area is 177 Å². The van der Waals surface area contributed by atoms with Crippen molar-refractivity contribution in [3.63, 3.8) is 0 Å². The molecule has 3 amide bonds. The molecule has 30 heavy (non-hydrogen) atoms. The summed E-state index contributed by atoms with van der Waals surface area (Å²) in [7, 11) is 1.55. The molecule has 0 fully saturated rings. The summed E-state index contributed by atoms with van der Waals surface area (Å²) in [5.74, 6) is -0.0952. The van der Waals surface area contributed by atoms with Crippen LogP contribution < -0.4 is 15.4 Å². The van der Waals surface area contributed by atoms with Crippen LogP contribution in [0.3, 0.4) is 0 Å². The summed E-state index contributed by atoms with van der Waals surface area (Å²) in [5, 5.41) is 5.61. The molecule has 2 aromatic carbocycles. The molecule has 7 nitrogen and oxygen atoms in total. The highest BCUT2D eigenvalue weighted by Crippen LogP contribution is 2.20. The highest BCUT2D eigenvalue weighted by molar-refractivity contribution is 5.94. The lowest BCUT2D eigenvalue weighted by molar-refractivity contribution is -0.135. The van der Waals surface area contributed by atoms with Gasteiger partial charge in [-0.3, -0.25) is 14.4 Å². The second-order valence-electron chi connectivity index (χ2n) is 7.06. The standard InChI is InChI=1S/C23H29N3O4/c1-5-26(15-22(28)25-19-7-6-8-20(13-19)30-4)23(29)14-21(24-17(3)27)18-11-9-16(2)10-12-18/h6-13,21H,5,14-15H2,1-4H3,(H,24,27)(H,25,28). The van der Waals surface area contributed by atoms with E-state index in [1.807, 2.05) is 38.1 Å². The molecule has 2 rings (SSSR count). The molecule has 0 aromatic heterocycles. The van der Waals surface area contributed by atoms with Crippen molar-refractivity contribution < 1.29 is 19.1 Å². The summed E-state index contributed by atoms with van der Waals surface area (Å²) in [6.45, 7) is 5.52. The van der Waals surface area contributed by atoms with Crippen LogP contribution in [0.5, 0.6) is 5.75 Å². The van der Waals surface area contributed by atoms with Gasteiger partial charge in [-0.2, -0.15) is 0 Å². The molecule has 0 aliphatic rings. The van der Waals surface area contributed by atoms with E-state index in [0.29, 0.717) is 18.0 Å². The number of nitrogens with zero attached hydrogens (tertiary/aromatic N) is 1. The van der Waals surface area contributed by atoms with Gasteiger partial charge in [0.2, 0.25) is 17.7 Å². The van der Waals surface area contributed by atoms with Gasteiger partial charge in [0.1, 0.15) is 5.75 Å². The van der Waals surface area contributed by atoms with Gasteiger partial charge in [0.25, 0.3) is 0 Å². The van der Waals surface area contributed by atoms with Gasteiger partial charge in [0.15, 0.2) is 0 Å². The summed E-state index contributed by atoms with van der Waals surface area (Å²) in [6.07, 6.45) is 0.0723. The fourth-order valence-electron chi connectivity index (χ4n) is 3.05. The SMILES string of the molecule is CCN(CC(=O)Nc1cccc(OC)c1)C(=O)CC(NC(C)=O)c1ccc(C)cc1. The lowest BCUT2D eigenvalue weighted by Gasteiger charge is -2.24. The van der Waals surface area contributed by atoms with E-state index in [9.17, 15) is 14.4 Å². The number of hydrogen-bond acceptors (Lipinski definition) is 4. The summed E-state index contributed by atoms with van der Waals surface area (Å²) in [6, 6.07) is 14.2. The number of carbonyl (C=O) groups excluding carboxylic acids is 3. The van der Waals surface area contributed by atoms with Gasteiger partial charge in [-0.25, -0.2) is 0 Å². The molecule has 2 N–H and O–H groups in total. The zero-order valence-corrected chi connectivity index (χ0v) is 17.9. The van der Waals surface area contributed by atoms with Crippen LogP contribution in [0.2, 0.25) is 0 Å². The van der Waals surface area contributed by atoms with Gasteiger partial charge >= 0.3 is 0 Å². The van der Waals surface area contributed by atoms with Crippen LogP contribution in [-0.4, -0.2) is 42.8 Å². The number of hydrogen-bond donors (Lipinski definition) is 2. The lowest BCUT2D eigenvalue weighted by Crippen LogP contribution is -2.40. The largest absolute Gasteiger partial charge is 0.497 e. The first-order chi connectivity index (χ1) is 14.3. The van der Waals surface area contributed by atoms with Gasteiger partial charge in [-0.05, 0) is 31.5 Å². The number of methoxy groups -OCH3 is 1. The topological polar surface area (TPSA) is 87.7 Å². The van der Waals surface area contributed by atoms with Crippen molar-refractivity contribution in [1.82, 2.24) is 10.2 Å². The van der Waals surface area contributed by atoms with Crippen LogP contribution in [0.25, 0.3) is 0 Å². The van der Waals surface area contributed by atoms with Crippen LogP contribution >= 0.6 is 0 Å². The quantitative estimate of drug-likeness (QED) is 0.664. The van der Waals surface area contributed by atoms with E-state index in [4.69, 9.17) is 4.74 Å². The van der Waals surface area contributed by atoms with Crippen molar-refractivity contribution in [2.45, 2.75) is 33.2 Å². The third-order valence-electron chi connectivity index (χ3n) is 4.66. The van der Waals surface area contributed by atoms with Crippen molar-refractivity contribution in [2.75, 3.05) is 25.5 Å². The molecule has 0 saturated heterocycles. The number of nitrogens with one attached hydrogen (secondary N) is 2. The van der Waals surface area contributed by atoms with Crippen molar-refractivity contribution >= 4 is 23.4 Å². The van der Waals surface area contributed by atoms with Crippen LogP contribution in [0, 0.1) is 6.92 Å². The Morgan fingerprint density at radius 1 is 1.10 bits per heavy atom. The second-order valence-corrected chi connectivity index (χ2v) is 7.06. The van der Waals surface area contributed by atoms with Gasteiger partial charge in [0.05, 0.1) is 26.1 Å². The third kappa shape index (κ3) is 6.92. The fourth-order valence-corrected chi connectivity index (χ4v) is 3.05. The number of likely N-dealkylation sites (N-methyl/N-ethyl adjacent to an activating group) is 1. The molecule has 0 aliphatic heterocycles. The monoisotopic (exact) mass is 411 g/mol. The minimum absolute atomic E-state index is 0.0723. The normalized spacial score (nSPS) is 11.3. The molecule has 0 saturated carbocycles. The number of benzene rings is 2. The Morgan fingerprint density at radius 2 is 1.80 bits per heavy atom. The number of aryl methyl sites for hydroxylation is 1. The average Bonchev–Trinajstić information content (AvgIpc) is 2.71. The van der Waals surface area contributed by atoms with E-state index in [1.54, 1.807) is 31.4 Å². The summed E-state index contributed by atoms with van der Waals surface area (Å²) in [4.78, 5) is 38.4. The molecule has 0 heterocycles. The average molecular weight is 412 g/mol. The minimum atomic E-state index is -0.453. The molecule has 1 unspecified atom stereocenters. The molecule has 0 bridgehead atoms. The van der Waals surface area contributed by atoms with Crippen molar-refractivity contribution in [2.24, 2.45) is 0 Å². The van der Waals surface area contributed by atoms with Crippen molar-refractivity contribution in [3.8, 4) is 5.75 Å². The van der Waals surface area contributed by atoms with E-state index in [0.717, 1.165) is 11.1 Å². The first-order valence-corrected chi connectivity index (χ1v) is 9.87. The number of carbonyl (C=O) groups is 3. The van der Waals surface area contributed by atoms with Crippen LogP contribution in [0.15, 0.2) is 48.5 Å². The molecule has 2 aromatic rings. The molecule has 1 atom stereocenters. The summed E-state index contributed by atoms with van der Waals surface area (Å²) < 4.78 is 5.15. The maximum Gasteiger partial charge on any atom is 0.243 e. The van der Waals surface area contributed by atoms with E-state index in [1.165, 1.54) is 11.8 Å². The van der Waals surface area contributed by atoms with Gasteiger partial charge in [0, 0.05) is 25.2 Å². The number of ether oxygens (including phenoxy) is 1. The molecule has 0 aliphatic carbocycles. The predicted molar refractivity (Wildman–Crippen MR) is 116 cm³/mol. The van der Waals surface area contributed by atoms with Crippen molar-refractivity contribution in [3.05, 3.63) is 59.7 Å². The third-order valence-corrected chi connectivity index (χ3v) is 4.66. The van der Waals surface area contributed by atoms with Crippen LogP contribution in [0.4, 0.5) is 5.69 Å². The molecule has 7 heteroatoms. The smallest absolute Gasteiger partial charge is 0.243 e.